The largest absolute Gasteiger partial charge is 0.495 e. The second kappa shape index (κ2) is 9.18. The van der Waals surface area contributed by atoms with E-state index in [1.165, 1.54) is 25.3 Å². The van der Waals surface area contributed by atoms with E-state index in [4.69, 9.17) is 4.74 Å². The predicted molar refractivity (Wildman–Crippen MR) is 101 cm³/mol. The number of carbonyl (C=O) groups is 2. The molecule has 1 heterocycles. The van der Waals surface area contributed by atoms with Gasteiger partial charge in [0.15, 0.2) is 0 Å². The molecule has 2 rings (SSSR count). The summed E-state index contributed by atoms with van der Waals surface area (Å²) in [6.45, 7) is 5.16. The molecular weight excluding hydrogens is 370 g/mol. The summed E-state index contributed by atoms with van der Waals surface area (Å²) in [5.74, 6) is -0.260. The summed E-state index contributed by atoms with van der Waals surface area (Å²) in [5.41, 5.74) is 0.188. The van der Waals surface area contributed by atoms with Crippen LogP contribution in [-0.4, -0.2) is 57.9 Å². The van der Waals surface area contributed by atoms with Crippen LogP contribution in [0.5, 0.6) is 5.75 Å². The number of ether oxygens (including phenoxy) is 1. The van der Waals surface area contributed by atoms with Crippen LogP contribution in [0.4, 0.5) is 0 Å². The first-order chi connectivity index (χ1) is 12.7. The smallest absolute Gasteiger partial charge is 0.251 e. The van der Waals surface area contributed by atoms with Gasteiger partial charge in [0.25, 0.3) is 5.91 Å². The summed E-state index contributed by atoms with van der Waals surface area (Å²) >= 11 is 0. The molecule has 150 valence electrons. The van der Waals surface area contributed by atoms with Crippen molar-refractivity contribution in [2.75, 3.05) is 26.7 Å². The van der Waals surface area contributed by atoms with E-state index in [-0.39, 0.29) is 41.1 Å². The Balaban J connectivity index is 2.05. The van der Waals surface area contributed by atoms with Crippen LogP contribution < -0.4 is 14.8 Å². The van der Waals surface area contributed by atoms with Gasteiger partial charge in [-0.3, -0.25) is 9.59 Å². The van der Waals surface area contributed by atoms with Crippen molar-refractivity contribution >= 4 is 21.8 Å². The van der Waals surface area contributed by atoms with Crippen LogP contribution in [-0.2, 0) is 14.8 Å². The van der Waals surface area contributed by atoms with E-state index in [0.717, 1.165) is 25.9 Å². The van der Waals surface area contributed by atoms with E-state index in [2.05, 4.69) is 10.0 Å². The van der Waals surface area contributed by atoms with Crippen molar-refractivity contribution in [3.63, 3.8) is 0 Å². The molecule has 0 atom stereocenters. The summed E-state index contributed by atoms with van der Waals surface area (Å²) in [6, 6.07) is 3.92. The first-order valence-corrected chi connectivity index (χ1v) is 10.5. The predicted octanol–water partition coefficient (Wildman–Crippen LogP) is 1.12. The van der Waals surface area contributed by atoms with Crippen LogP contribution in [0.3, 0.4) is 0 Å². The summed E-state index contributed by atoms with van der Waals surface area (Å²) in [4.78, 5) is 26.1. The van der Waals surface area contributed by atoms with Crippen LogP contribution >= 0.6 is 0 Å². The zero-order valence-electron chi connectivity index (χ0n) is 15.9. The highest BCUT2D eigenvalue weighted by molar-refractivity contribution is 7.89. The highest BCUT2D eigenvalue weighted by atomic mass is 32.2. The van der Waals surface area contributed by atoms with E-state index < -0.39 is 15.9 Å². The minimum Gasteiger partial charge on any atom is -0.495 e. The lowest BCUT2D eigenvalue weighted by Gasteiger charge is -2.16. The monoisotopic (exact) mass is 397 g/mol. The highest BCUT2D eigenvalue weighted by Crippen LogP contribution is 2.25. The van der Waals surface area contributed by atoms with Gasteiger partial charge >= 0.3 is 0 Å². The number of nitrogens with one attached hydrogen (secondary N) is 2. The van der Waals surface area contributed by atoms with E-state index in [1.54, 1.807) is 18.7 Å². The van der Waals surface area contributed by atoms with Crippen LogP contribution in [0.25, 0.3) is 0 Å². The number of sulfonamides is 1. The Hall–Kier alpha value is -2.13. The number of methoxy groups -OCH3 is 1. The first kappa shape index (κ1) is 21.2. The van der Waals surface area contributed by atoms with E-state index in [9.17, 15) is 18.0 Å². The van der Waals surface area contributed by atoms with Crippen molar-refractivity contribution in [1.82, 2.24) is 14.9 Å². The van der Waals surface area contributed by atoms with Crippen LogP contribution in [0.1, 0.15) is 43.5 Å². The molecule has 1 aliphatic rings. The molecule has 0 aromatic heterocycles. The number of hydrogen-bond acceptors (Lipinski definition) is 5. The lowest BCUT2D eigenvalue weighted by molar-refractivity contribution is -0.129. The molecule has 0 radical (unpaired) electrons. The fraction of sp³-hybridized carbons (Fsp3) is 0.556. The minimum absolute atomic E-state index is 0.0203. The van der Waals surface area contributed by atoms with Crippen molar-refractivity contribution < 1.29 is 22.7 Å². The lowest BCUT2D eigenvalue weighted by Crippen LogP contribution is -2.33. The highest BCUT2D eigenvalue weighted by Gasteiger charge is 2.23. The number of carbonyl (C=O) groups excluding carboxylic acids is 2. The standard InChI is InChI=1S/C18H27N3O5S/c1-13(2)20-27(24,25)16-12-14(6-7-15(16)26-3)18(23)19-9-8-17(22)21-10-4-5-11-21/h6-7,12-13,20H,4-5,8-11H2,1-3H3,(H,19,23). The quantitative estimate of drug-likeness (QED) is 0.684. The number of hydrogen-bond donors (Lipinski definition) is 2. The maximum atomic E-state index is 12.5. The number of likely N-dealkylation sites (tertiary alicyclic amines) is 1. The van der Waals surface area contributed by atoms with Gasteiger partial charge in [-0.25, -0.2) is 13.1 Å². The summed E-state index contributed by atoms with van der Waals surface area (Å²) in [5, 5.41) is 2.67. The Morgan fingerprint density at radius 1 is 1.22 bits per heavy atom. The van der Waals surface area contributed by atoms with Gasteiger partial charge in [0.2, 0.25) is 15.9 Å². The van der Waals surface area contributed by atoms with Crippen molar-refractivity contribution in [2.24, 2.45) is 0 Å². The zero-order valence-corrected chi connectivity index (χ0v) is 16.8. The maximum Gasteiger partial charge on any atom is 0.251 e. The Bertz CT molecular complexity index is 786. The SMILES string of the molecule is COc1ccc(C(=O)NCCC(=O)N2CCCC2)cc1S(=O)(=O)NC(C)C. The van der Waals surface area contributed by atoms with Gasteiger partial charge in [0.05, 0.1) is 7.11 Å². The van der Waals surface area contributed by atoms with Gasteiger partial charge in [0.1, 0.15) is 10.6 Å². The molecule has 1 aliphatic heterocycles. The van der Waals surface area contributed by atoms with Crippen molar-refractivity contribution in [1.29, 1.82) is 0 Å². The molecule has 0 unspecified atom stereocenters. The fourth-order valence-electron chi connectivity index (χ4n) is 2.91. The number of rotatable bonds is 8. The summed E-state index contributed by atoms with van der Waals surface area (Å²) < 4.78 is 32.5. The summed E-state index contributed by atoms with van der Waals surface area (Å²) in [7, 11) is -2.45. The molecular formula is C18H27N3O5S. The summed E-state index contributed by atoms with van der Waals surface area (Å²) in [6.07, 6.45) is 2.26. The van der Waals surface area contributed by atoms with Crippen molar-refractivity contribution in [3.05, 3.63) is 23.8 Å². The molecule has 0 saturated carbocycles. The Morgan fingerprint density at radius 3 is 2.48 bits per heavy atom. The third-order valence-corrected chi connectivity index (χ3v) is 5.87. The minimum atomic E-state index is -3.82. The molecule has 2 N–H and O–H groups in total. The van der Waals surface area contributed by atoms with Crippen LogP contribution in [0.2, 0.25) is 0 Å². The maximum absolute atomic E-state index is 12.5. The van der Waals surface area contributed by atoms with Gasteiger partial charge in [-0.05, 0) is 44.9 Å². The molecule has 27 heavy (non-hydrogen) atoms. The Kier molecular flexibility index (Phi) is 7.20. The third kappa shape index (κ3) is 5.67. The molecule has 8 nitrogen and oxygen atoms in total. The molecule has 1 fully saturated rings. The Morgan fingerprint density at radius 2 is 1.89 bits per heavy atom. The zero-order chi connectivity index (χ0) is 20.0. The topological polar surface area (TPSA) is 105 Å². The molecule has 0 aliphatic carbocycles. The molecule has 0 bridgehead atoms. The number of amides is 2. The molecule has 1 aromatic carbocycles. The number of benzene rings is 1. The number of nitrogens with zero attached hydrogens (tertiary/aromatic N) is 1. The van der Waals surface area contributed by atoms with E-state index >= 15 is 0 Å². The molecule has 2 amide bonds. The Labute approximate surface area is 160 Å². The normalized spacial score (nSPS) is 14.4. The van der Waals surface area contributed by atoms with Crippen molar-refractivity contribution in [2.45, 2.75) is 44.0 Å². The molecule has 1 saturated heterocycles. The van der Waals surface area contributed by atoms with Gasteiger partial charge in [-0.15, -0.1) is 0 Å². The lowest BCUT2D eigenvalue weighted by atomic mass is 10.2. The molecule has 9 heteroatoms. The van der Waals surface area contributed by atoms with Crippen molar-refractivity contribution in [3.8, 4) is 5.75 Å². The van der Waals surface area contributed by atoms with Gasteiger partial charge in [-0.1, -0.05) is 0 Å². The second-order valence-corrected chi connectivity index (χ2v) is 8.42. The fourth-order valence-corrected chi connectivity index (χ4v) is 4.36. The third-order valence-electron chi connectivity index (χ3n) is 4.19. The van der Waals surface area contributed by atoms with Gasteiger partial charge < -0.3 is 15.0 Å². The molecule has 0 spiro atoms. The molecule has 1 aromatic rings. The van der Waals surface area contributed by atoms with Crippen LogP contribution in [0, 0.1) is 0 Å². The average molecular weight is 397 g/mol. The average Bonchev–Trinajstić information content (AvgIpc) is 3.14. The first-order valence-electron chi connectivity index (χ1n) is 9.01. The van der Waals surface area contributed by atoms with Crippen LogP contribution in [0.15, 0.2) is 23.1 Å². The van der Waals surface area contributed by atoms with E-state index in [0.29, 0.717) is 0 Å². The van der Waals surface area contributed by atoms with Gasteiger partial charge in [0, 0.05) is 37.7 Å². The second-order valence-electron chi connectivity index (χ2n) is 6.74. The van der Waals surface area contributed by atoms with Gasteiger partial charge in [-0.2, -0.15) is 0 Å². The van der Waals surface area contributed by atoms with E-state index in [1.807, 2.05) is 0 Å².